The number of hydrogen-bond donors (Lipinski definition) is 2. The lowest BCUT2D eigenvalue weighted by molar-refractivity contribution is 0.0937. The summed E-state index contributed by atoms with van der Waals surface area (Å²) in [5.41, 5.74) is 2.04. The molecule has 2 N–H and O–H groups in total. The highest BCUT2D eigenvalue weighted by molar-refractivity contribution is 6.30. The van der Waals surface area contributed by atoms with Crippen molar-refractivity contribution in [3.8, 4) is 0 Å². The molecule has 0 aliphatic heterocycles. The summed E-state index contributed by atoms with van der Waals surface area (Å²) in [7, 11) is 1.59. The molecule has 110 valence electrons. The predicted octanol–water partition coefficient (Wildman–Crippen LogP) is 2.85. The second kappa shape index (κ2) is 7.61. The second-order valence-corrected chi connectivity index (χ2v) is 4.78. The van der Waals surface area contributed by atoms with Gasteiger partial charge in [-0.15, -0.1) is 0 Å². The van der Waals surface area contributed by atoms with Crippen molar-refractivity contribution >= 4 is 28.9 Å². The van der Waals surface area contributed by atoms with Crippen molar-refractivity contribution in [3.05, 3.63) is 53.3 Å². The minimum atomic E-state index is -0.186. The molecule has 0 saturated carbocycles. The van der Waals surface area contributed by atoms with Crippen LogP contribution < -0.4 is 10.6 Å². The van der Waals surface area contributed by atoms with Gasteiger partial charge in [0.2, 0.25) is 0 Å². The molecule has 0 aliphatic carbocycles. The van der Waals surface area contributed by atoms with Gasteiger partial charge in [-0.2, -0.15) is 0 Å². The third-order valence-corrected chi connectivity index (χ3v) is 2.94. The van der Waals surface area contributed by atoms with Crippen molar-refractivity contribution in [2.24, 2.45) is 0 Å². The highest BCUT2D eigenvalue weighted by Crippen LogP contribution is 2.20. The Kier molecular flexibility index (Phi) is 5.54. The molecule has 0 spiro atoms. The highest BCUT2D eigenvalue weighted by Gasteiger charge is 2.06. The van der Waals surface area contributed by atoms with Gasteiger partial charge in [-0.05, 0) is 24.3 Å². The minimum absolute atomic E-state index is 0.186. The number of methoxy groups -OCH3 is 1. The topological polar surface area (TPSA) is 63.2 Å². The smallest absolute Gasteiger partial charge is 0.253 e. The predicted molar refractivity (Wildman–Crippen MR) is 83.2 cm³/mol. The quantitative estimate of drug-likeness (QED) is 0.806. The maximum Gasteiger partial charge on any atom is 0.253 e. The SMILES string of the molecule is COCCNC(=O)c1cncc(Nc2cccc(Cl)c2)c1. The van der Waals surface area contributed by atoms with Crippen LogP contribution in [-0.2, 0) is 4.74 Å². The van der Waals surface area contributed by atoms with Crippen LogP contribution in [0.2, 0.25) is 5.02 Å². The average molecular weight is 306 g/mol. The summed E-state index contributed by atoms with van der Waals surface area (Å²) < 4.78 is 4.89. The van der Waals surface area contributed by atoms with E-state index in [1.54, 1.807) is 31.5 Å². The summed E-state index contributed by atoms with van der Waals surface area (Å²) in [5, 5.41) is 6.54. The lowest BCUT2D eigenvalue weighted by atomic mass is 10.2. The molecule has 5 nitrogen and oxygen atoms in total. The third-order valence-electron chi connectivity index (χ3n) is 2.71. The molecule has 1 aromatic heterocycles. The van der Waals surface area contributed by atoms with Crippen LogP contribution in [0, 0.1) is 0 Å². The zero-order chi connectivity index (χ0) is 15.1. The van der Waals surface area contributed by atoms with Crippen LogP contribution in [-0.4, -0.2) is 31.2 Å². The Morgan fingerprint density at radius 1 is 1.29 bits per heavy atom. The largest absolute Gasteiger partial charge is 0.383 e. The molecular weight excluding hydrogens is 290 g/mol. The standard InChI is InChI=1S/C15H16ClN3O2/c1-21-6-5-18-15(20)11-7-14(10-17-9-11)19-13-4-2-3-12(16)8-13/h2-4,7-10,19H,5-6H2,1H3,(H,18,20). The first-order valence-electron chi connectivity index (χ1n) is 6.44. The molecule has 0 saturated heterocycles. The molecular formula is C15H16ClN3O2. The van der Waals surface area contributed by atoms with Gasteiger partial charge in [-0.3, -0.25) is 9.78 Å². The summed E-state index contributed by atoms with van der Waals surface area (Å²) in [6.07, 6.45) is 3.16. The van der Waals surface area contributed by atoms with Crippen LogP contribution >= 0.6 is 11.6 Å². The van der Waals surface area contributed by atoms with Gasteiger partial charge in [0.1, 0.15) is 0 Å². The van der Waals surface area contributed by atoms with Crippen LogP contribution in [0.25, 0.3) is 0 Å². The van der Waals surface area contributed by atoms with Gasteiger partial charge >= 0.3 is 0 Å². The van der Waals surface area contributed by atoms with E-state index in [2.05, 4.69) is 15.6 Å². The van der Waals surface area contributed by atoms with Crippen molar-refractivity contribution in [2.45, 2.75) is 0 Å². The zero-order valence-electron chi connectivity index (χ0n) is 11.6. The lowest BCUT2D eigenvalue weighted by Crippen LogP contribution is -2.27. The Labute approximate surface area is 128 Å². The maximum absolute atomic E-state index is 11.9. The van der Waals surface area contributed by atoms with Crippen molar-refractivity contribution in [1.29, 1.82) is 0 Å². The van der Waals surface area contributed by atoms with Gasteiger partial charge < -0.3 is 15.4 Å². The fourth-order valence-electron chi connectivity index (χ4n) is 1.73. The number of amides is 1. The molecule has 0 radical (unpaired) electrons. The number of ether oxygens (including phenoxy) is 1. The number of rotatable bonds is 6. The molecule has 2 aromatic rings. The lowest BCUT2D eigenvalue weighted by Gasteiger charge is -2.08. The van der Waals surface area contributed by atoms with Gasteiger partial charge in [-0.1, -0.05) is 17.7 Å². The number of halogens is 1. The van der Waals surface area contributed by atoms with Crippen LogP contribution in [0.5, 0.6) is 0 Å². The molecule has 0 atom stereocenters. The number of carbonyl (C=O) groups is 1. The summed E-state index contributed by atoms with van der Waals surface area (Å²) in [6, 6.07) is 9.06. The summed E-state index contributed by atoms with van der Waals surface area (Å²) in [5.74, 6) is -0.186. The number of hydrogen-bond acceptors (Lipinski definition) is 4. The van der Waals surface area contributed by atoms with E-state index in [0.29, 0.717) is 23.7 Å². The summed E-state index contributed by atoms with van der Waals surface area (Å²) in [4.78, 5) is 16.0. The minimum Gasteiger partial charge on any atom is -0.383 e. The fourth-order valence-corrected chi connectivity index (χ4v) is 1.92. The Hall–Kier alpha value is -2.11. The van der Waals surface area contributed by atoms with Crippen LogP contribution in [0.15, 0.2) is 42.7 Å². The molecule has 1 amide bonds. The van der Waals surface area contributed by atoms with Gasteiger partial charge in [-0.25, -0.2) is 0 Å². The first-order chi connectivity index (χ1) is 10.2. The number of aromatic nitrogens is 1. The first-order valence-corrected chi connectivity index (χ1v) is 6.81. The van der Waals surface area contributed by atoms with Gasteiger partial charge in [0.05, 0.1) is 24.1 Å². The van der Waals surface area contributed by atoms with E-state index in [4.69, 9.17) is 16.3 Å². The Bertz CT molecular complexity index is 619. The Morgan fingerprint density at radius 3 is 2.90 bits per heavy atom. The van der Waals surface area contributed by atoms with Crippen molar-refractivity contribution in [3.63, 3.8) is 0 Å². The number of nitrogens with zero attached hydrogens (tertiary/aromatic N) is 1. The summed E-state index contributed by atoms with van der Waals surface area (Å²) >= 11 is 5.93. The monoisotopic (exact) mass is 305 g/mol. The molecule has 0 aliphatic rings. The fraction of sp³-hybridized carbons (Fsp3) is 0.200. The van der Waals surface area contributed by atoms with Gasteiger partial charge in [0.25, 0.3) is 5.91 Å². The number of anilines is 2. The van der Waals surface area contributed by atoms with E-state index in [-0.39, 0.29) is 5.91 Å². The van der Waals surface area contributed by atoms with Gasteiger partial charge in [0, 0.05) is 30.6 Å². The Balaban J connectivity index is 2.05. The number of pyridine rings is 1. The molecule has 0 bridgehead atoms. The molecule has 0 fully saturated rings. The van der Waals surface area contributed by atoms with Crippen molar-refractivity contribution in [1.82, 2.24) is 10.3 Å². The van der Waals surface area contributed by atoms with Gasteiger partial charge in [0.15, 0.2) is 0 Å². The second-order valence-electron chi connectivity index (χ2n) is 4.35. The van der Waals surface area contributed by atoms with Crippen LogP contribution in [0.1, 0.15) is 10.4 Å². The van der Waals surface area contributed by atoms with Crippen LogP contribution in [0.3, 0.4) is 0 Å². The zero-order valence-corrected chi connectivity index (χ0v) is 12.4. The summed E-state index contributed by atoms with van der Waals surface area (Å²) in [6.45, 7) is 0.931. The number of benzene rings is 1. The Morgan fingerprint density at radius 2 is 2.14 bits per heavy atom. The van der Waals surface area contributed by atoms with Crippen molar-refractivity contribution < 1.29 is 9.53 Å². The normalized spacial score (nSPS) is 10.2. The van der Waals surface area contributed by atoms with Crippen molar-refractivity contribution in [2.75, 3.05) is 25.6 Å². The number of carbonyl (C=O) groups excluding carboxylic acids is 1. The first kappa shape index (κ1) is 15.3. The molecule has 21 heavy (non-hydrogen) atoms. The average Bonchev–Trinajstić information content (AvgIpc) is 2.48. The van der Waals surface area contributed by atoms with E-state index in [1.807, 2.05) is 12.1 Å². The molecule has 1 heterocycles. The number of nitrogens with one attached hydrogen (secondary N) is 2. The molecule has 1 aromatic carbocycles. The van der Waals surface area contributed by atoms with E-state index < -0.39 is 0 Å². The third kappa shape index (κ3) is 4.73. The highest BCUT2D eigenvalue weighted by atomic mass is 35.5. The molecule has 6 heteroatoms. The van der Waals surface area contributed by atoms with E-state index in [1.165, 1.54) is 6.20 Å². The van der Waals surface area contributed by atoms with E-state index >= 15 is 0 Å². The van der Waals surface area contributed by atoms with E-state index in [0.717, 1.165) is 11.4 Å². The molecule has 2 rings (SSSR count). The molecule has 0 unspecified atom stereocenters. The van der Waals surface area contributed by atoms with E-state index in [9.17, 15) is 4.79 Å². The van der Waals surface area contributed by atoms with Crippen LogP contribution in [0.4, 0.5) is 11.4 Å². The maximum atomic E-state index is 11.9.